The van der Waals surface area contributed by atoms with E-state index in [1.165, 1.54) is 7.11 Å². The third kappa shape index (κ3) is 11.5. The second kappa shape index (κ2) is 8.74. The number of alkyl carbamates (subject to hydrolysis) is 1. The Hall–Kier alpha value is -1.30. The molecule has 6 nitrogen and oxygen atoms in total. The van der Waals surface area contributed by atoms with E-state index in [4.69, 9.17) is 10.5 Å². The number of ether oxygens (including phenoxy) is 2. The first kappa shape index (κ1) is 17.7. The number of rotatable bonds is 7. The van der Waals surface area contributed by atoms with Crippen LogP contribution in [-0.2, 0) is 14.3 Å². The number of methoxy groups -OCH3 is 1. The number of carbonyl (C=O) groups is 2. The molecule has 6 heteroatoms. The standard InChI is InChI=1S/C13H26N2O4/c1-13(2,3)19-12(17)15-8-6-5-7-10(14)9-11(16)18-4/h10H,5-9,14H2,1-4H3,(H,15,17). The number of nitrogens with two attached hydrogens (primary N) is 1. The molecule has 0 radical (unpaired) electrons. The Labute approximate surface area is 115 Å². The Bertz CT molecular complexity index is 287. The van der Waals surface area contributed by atoms with Crippen LogP contribution < -0.4 is 11.1 Å². The van der Waals surface area contributed by atoms with Gasteiger partial charge in [0, 0.05) is 12.6 Å². The molecule has 0 fully saturated rings. The molecule has 0 rings (SSSR count). The van der Waals surface area contributed by atoms with Crippen molar-refractivity contribution in [2.75, 3.05) is 13.7 Å². The molecular formula is C13H26N2O4. The zero-order valence-corrected chi connectivity index (χ0v) is 12.3. The van der Waals surface area contributed by atoms with E-state index in [0.29, 0.717) is 6.54 Å². The number of unbranched alkanes of at least 4 members (excludes halogenated alkanes) is 1. The minimum absolute atomic E-state index is 0.186. The second-order valence-electron chi connectivity index (χ2n) is 5.46. The van der Waals surface area contributed by atoms with Gasteiger partial charge in [0.2, 0.25) is 0 Å². The van der Waals surface area contributed by atoms with Crippen molar-refractivity contribution in [1.82, 2.24) is 5.32 Å². The van der Waals surface area contributed by atoms with Crippen molar-refractivity contribution in [1.29, 1.82) is 0 Å². The summed E-state index contributed by atoms with van der Waals surface area (Å²) in [6, 6.07) is -0.186. The van der Waals surface area contributed by atoms with Crippen LogP contribution >= 0.6 is 0 Å². The van der Waals surface area contributed by atoms with Gasteiger partial charge in [0.05, 0.1) is 13.5 Å². The van der Waals surface area contributed by atoms with E-state index in [0.717, 1.165) is 19.3 Å². The number of amides is 1. The number of esters is 1. The minimum Gasteiger partial charge on any atom is -0.469 e. The van der Waals surface area contributed by atoms with E-state index >= 15 is 0 Å². The molecule has 0 aliphatic heterocycles. The van der Waals surface area contributed by atoms with Gasteiger partial charge in [-0.05, 0) is 33.6 Å². The fourth-order valence-corrected chi connectivity index (χ4v) is 1.44. The maximum absolute atomic E-state index is 11.3. The zero-order chi connectivity index (χ0) is 14.9. The minimum atomic E-state index is -0.479. The molecule has 1 atom stereocenters. The topological polar surface area (TPSA) is 90.6 Å². The summed E-state index contributed by atoms with van der Waals surface area (Å²) >= 11 is 0. The van der Waals surface area contributed by atoms with E-state index in [1.807, 2.05) is 20.8 Å². The molecular weight excluding hydrogens is 248 g/mol. The van der Waals surface area contributed by atoms with Crippen molar-refractivity contribution in [2.24, 2.45) is 5.73 Å². The summed E-state index contributed by atoms with van der Waals surface area (Å²) in [6.07, 6.45) is 2.19. The summed E-state index contributed by atoms with van der Waals surface area (Å²) in [4.78, 5) is 22.3. The number of nitrogens with one attached hydrogen (secondary N) is 1. The highest BCUT2D eigenvalue weighted by Gasteiger charge is 2.15. The summed E-state index contributed by atoms with van der Waals surface area (Å²) in [5.74, 6) is -0.292. The van der Waals surface area contributed by atoms with Crippen LogP contribution in [0.1, 0.15) is 46.5 Å². The molecule has 112 valence electrons. The zero-order valence-electron chi connectivity index (χ0n) is 12.3. The molecule has 0 aliphatic rings. The summed E-state index contributed by atoms with van der Waals surface area (Å²) < 4.78 is 9.63. The Morgan fingerprint density at radius 2 is 1.89 bits per heavy atom. The second-order valence-corrected chi connectivity index (χ2v) is 5.46. The van der Waals surface area contributed by atoms with Crippen molar-refractivity contribution >= 4 is 12.1 Å². The first-order valence-corrected chi connectivity index (χ1v) is 6.54. The highest BCUT2D eigenvalue weighted by Crippen LogP contribution is 2.07. The highest BCUT2D eigenvalue weighted by molar-refractivity contribution is 5.69. The number of carbonyl (C=O) groups excluding carboxylic acids is 2. The van der Waals surface area contributed by atoms with Gasteiger partial charge in [-0.1, -0.05) is 6.42 Å². The number of hydrogen-bond donors (Lipinski definition) is 2. The van der Waals surface area contributed by atoms with Crippen LogP contribution in [0.5, 0.6) is 0 Å². The molecule has 0 heterocycles. The summed E-state index contributed by atoms with van der Waals surface area (Å²) in [5, 5.41) is 2.67. The van der Waals surface area contributed by atoms with Crippen LogP contribution in [0.2, 0.25) is 0 Å². The van der Waals surface area contributed by atoms with E-state index < -0.39 is 11.7 Å². The molecule has 0 bridgehead atoms. The van der Waals surface area contributed by atoms with Gasteiger partial charge >= 0.3 is 12.1 Å². The van der Waals surface area contributed by atoms with Crippen LogP contribution in [0.25, 0.3) is 0 Å². The molecule has 3 N–H and O–H groups in total. The van der Waals surface area contributed by atoms with Crippen LogP contribution in [-0.4, -0.2) is 37.4 Å². The van der Waals surface area contributed by atoms with Crippen molar-refractivity contribution in [2.45, 2.75) is 58.1 Å². The van der Waals surface area contributed by atoms with Gasteiger partial charge in [-0.3, -0.25) is 4.79 Å². The molecule has 0 aromatic rings. The van der Waals surface area contributed by atoms with Crippen molar-refractivity contribution in [3.8, 4) is 0 Å². The van der Waals surface area contributed by atoms with Crippen molar-refractivity contribution < 1.29 is 19.1 Å². The first-order valence-electron chi connectivity index (χ1n) is 6.54. The average molecular weight is 274 g/mol. The maximum Gasteiger partial charge on any atom is 0.407 e. The van der Waals surface area contributed by atoms with Gasteiger partial charge in [0.15, 0.2) is 0 Å². The molecule has 0 aromatic carbocycles. The van der Waals surface area contributed by atoms with Gasteiger partial charge < -0.3 is 20.5 Å². The van der Waals surface area contributed by atoms with Crippen molar-refractivity contribution in [3.05, 3.63) is 0 Å². The van der Waals surface area contributed by atoms with Crippen LogP contribution in [0, 0.1) is 0 Å². The molecule has 19 heavy (non-hydrogen) atoms. The molecule has 0 saturated carbocycles. The predicted octanol–water partition coefficient (Wildman–Crippen LogP) is 1.57. The monoisotopic (exact) mass is 274 g/mol. The van der Waals surface area contributed by atoms with Gasteiger partial charge in [-0.25, -0.2) is 4.79 Å². The largest absolute Gasteiger partial charge is 0.469 e. The summed E-state index contributed by atoms with van der Waals surface area (Å²) in [6.45, 7) is 6.00. The third-order valence-electron chi connectivity index (χ3n) is 2.33. The summed E-state index contributed by atoms with van der Waals surface area (Å²) in [5.41, 5.74) is 5.28. The molecule has 0 saturated heterocycles. The maximum atomic E-state index is 11.3. The van der Waals surface area contributed by atoms with E-state index in [-0.39, 0.29) is 18.4 Å². The molecule has 1 amide bonds. The van der Waals surface area contributed by atoms with E-state index in [2.05, 4.69) is 10.1 Å². The fourth-order valence-electron chi connectivity index (χ4n) is 1.44. The molecule has 1 unspecified atom stereocenters. The Morgan fingerprint density at radius 3 is 2.42 bits per heavy atom. The highest BCUT2D eigenvalue weighted by atomic mass is 16.6. The van der Waals surface area contributed by atoms with E-state index in [9.17, 15) is 9.59 Å². The van der Waals surface area contributed by atoms with Crippen LogP contribution in [0.15, 0.2) is 0 Å². The van der Waals surface area contributed by atoms with E-state index in [1.54, 1.807) is 0 Å². The Balaban J connectivity index is 3.55. The fraction of sp³-hybridized carbons (Fsp3) is 0.846. The number of hydrogen-bond acceptors (Lipinski definition) is 5. The Morgan fingerprint density at radius 1 is 1.26 bits per heavy atom. The van der Waals surface area contributed by atoms with Gasteiger partial charge in [-0.2, -0.15) is 0 Å². The lowest BCUT2D eigenvalue weighted by Crippen LogP contribution is -2.33. The Kier molecular flexibility index (Phi) is 8.14. The van der Waals surface area contributed by atoms with Gasteiger partial charge in [-0.15, -0.1) is 0 Å². The SMILES string of the molecule is COC(=O)CC(N)CCCCNC(=O)OC(C)(C)C. The van der Waals surface area contributed by atoms with Crippen LogP contribution in [0.4, 0.5) is 4.79 Å². The molecule has 0 spiro atoms. The van der Waals surface area contributed by atoms with Gasteiger partial charge in [0.25, 0.3) is 0 Å². The van der Waals surface area contributed by atoms with Crippen molar-refractivity contribution in [3.63, 3.8) is 0 Å². The summed E-state index contributed by atoms with van der Waals surface area (Å²) in [7, 11) is 1.35. The molecule has 0 aromatic heterocycles. The normalized spacial score (nSPS) is 12.7. The average Bonchev–Trinajstić information content (AvgIpc) is 2.25. The lowest BCUT2D eigenvalue weighted by molar-refractivity contribution is -0.141. The van der Waals surface area contributed by atoms with Gasteiger partial charge in [0.1, 0.15) is 5.60 Å². The van der Waals surface area contributed by atoms with Crippen LogP contribution in [0.3, 0.4) is 0 Å². The quantitative estimate of drug-likeness (QED) is 0.543. The molecule has 0 aliphatic carbocycles. The predicted molar refractivity (Wildman–Crippen MR) is 72.7 cm³/mol. The first-order chi connectivity index (χ1) is 8.74. The lowest BCUT2D eigenvalue weighted by Gasteiger charge is -2.19. The smallest absolute Gasteiger partial charge is 0.407 e. The lowest BCUT2D eigenvalue weighted by atomic mass is 10.1. The third-order valence-corrected chi connectivity index (χ3v) is 2.33.